The predicted octanol–water partition coefficient (Wildman–Crippen LogP) is 2.48. The van der Waals surface area contributed by atoms with Gasteiger partial charge in [0.05, 0.1) is 34.7 Å². The number of rotatable bonds is 6. The first-order valence-corrected chi connectivity index (χ1v) is 13.8. The van der Waals surface area contributed by atoms with Crippen LogP contribution in [-0.4, -0.2) is 63.8 Å². The fourth-order valence-corrected chi connectivity index (χ4v) is 5.89. The number of nitrogens with one attached hydrogen (secondary N) is 3. The average molecular weight is 535 g/mol. The van der Waals surface area contributed by atoms with E-state index in [-0.39, 0.29) is 29.4 Å². The topological polar surface area (TPSA) is 143 Å². The molecule has 1 aliphatic heterocycles. The summed E-state index contributed by atoms with van der Waals surface area (Å²) in [7, 11) is 0. The number of H-pyrrole nitrogens is 1. The molecule has 3 aromatic heterocycles. The summed E-state index contributed by atoms with van der Waals surface area (Å²) in [5, 5.41) is 8.34. The molecule has 38 heavy (non-hydrogen) atoms. The van der Waals surface area contributed by atoms with Crippen LogP contribution < -0.4 is 31.7 Å². The number of nitrogens with two attached hydrogens (primary N) is 1. The lowest BCUT2D eigenvalue weighted by molar-refractivity contribution is 0.102. The number of piperazine rings is 1. The van der Waals surface area contributed by atoms with Crippen LogP contribution in [0.25, 0.3) is 16.2 Å². The zero-order valence-electron chi connectivity index (χ0n) is 20.9. The van der Waals surface area contributed by atoms with Crippen molar-refractivity contribution in [2.45, 2.75) is 37.8 Å². The highest BCUT2D eigenvalue weighted by molar-refractivity contribution is 7.12. The van der Waals surface area contributed by atoms with E-state index < -0.39 is 0 Å². The molecule has 198 valence electrons. The summed E-state index contributed by atoms with van der Waals surface area (Å²) in [6, 6.07) is 7.70. The molecule has 1 saturated carbocycles. The Morgan fingerprint density at radius 1 is 1.16 bits per heavy atom. The number of hydrogen-bond donors (Lipinski definition) is 4. The number of aromatic amines is 1. The van der Waals surface area contributed by atoms with Crippen molar-refractivity contribution in [3.05, 3.63) is 58.2 Å². The van der Waals surface area contributed by atoms with E-state index >= 15 is 0 Å². The maximum absolute atomic E-state index is 13.1. The van der Waals surface area contributed by atoms with Gasteiger partial charge in [-0.25, -0.2) is 14.3 Å². The van der Waals surface area contributed by atoms with Crippen molar-refractivity contribution in [2.75, 3.05) is 36.4 Å². The van der Waals surface area contributed by atoms with Gasteiger partial charge in [-0.3, -0.25) is 9.78 Å². The number of carbonyl (C=O) groups excluding carboxylic acids is 1. The molecule has 11 nitrogen and oxygen atoms in total. The number of anilines is 2. The van der Waals surface area contributed by atoms with Gasteiger partial charge in [0.15, 0.2) is 5.13 Å². The minimum atomic E-state index is -0.354. The number of pyridine rings is 1. The van der Waals surface area contributed by atoms with Crippen LogP contribution in [0.4, 0.5) is 11.4 Å². The summed E-state index contributed by atoms with van der Waals surface area (Å²) in [5.41, 5.74) is 8.78. The fraction of sp³-hybridized carbons (Fsp3) is 0.385. The van der Waals surface area contributed by atoms with E-state index in [2.05, 4.69) is 30.5 Å². The second kappa shape index (κ2) is 10.6. The summed E-state index contributed by atoms with van der Waals surface area (Å²) in [6.07, 6.45) is 7.27. The molecule has 4 aromatic rings. The van der Waals surface area contributed by atoms with Gasteiger partial charge in [0.1, 0.15) is 11.4 Å². The summed E-state index contributed by atoms with van der Waals surface area (Å²) in [5.74, 6) is 0.356. The number of carbonyl (C=O) groups is 1. The number of hydrogen-bond acceptors (Lipinski definition) is 9. The highest BCUT2D eigenvalue weighted by atomic mass is 32.1. The van der Waals surface area contributed by atoms with Crippen LogP contribution in [0, 0.1) is 0 Å². The Kier molecular flexibility index (Phi) is 6.83. The van der Waals surface area contributed by atoms with Crippen molar-refractivity contribution in [3.63, 3.8) is 0 Å². The third-order valence-corrected chi connectivity index (χ3v) is 7.92. The molecule has 2 aliphatic rings. The van der Waals surface area contributed by atoms with Crippen molar-refractivity contribution >= 4 is 39.7 Å². The third kappa shape index (κ3) is 5.02. The molecule has 0 bridgehead atoms. The first-order chi connectivity index (χ1) is 18.5. The summed E-state index contributed by atoms with van der Waals surface area (Å²) < 4.78 is 7.63. The number of aromatic nitrogens is 4. The normalized spacial score (nSPS) is 20.0. The van der Waals surface area contributed by atoms with Crippen LogP contribution in [0.1, 0.15) is 36.2 Å². The van der Waals surface area contributed by atoms with Gasteiger partial charge in [-0.2, -0.15) is 0 Å². The molecule has 0 atom stereocenters. The van der Waals surface area contributed by atoms with Crippen molar-refractivity contribution in [1.29, 1.82) is 0 Å². The van der Waals surface area contributed by atoms with Crippen molar-refractivity contribution in [2.24, 2.45) is 5.73 Å². The third-order valence-electron chi connectivity index (χ3n) is 7.10. The SMILES string of the molecule is NC1CCC(Oc2ccc3c(c2)[nH]c(=O)n3-c2nc(C(=O)Nc3cnccc3N3CCNCC3)cs2)CC1. The van der Waals surface area contributed by atoms with Gasteiger partial charge < -0.3 is 31.0 Å². The summed E-state index contributed by atoms with van der Waals surface area (Å²) >= 11 is 1.23. The number of amides is 1. The molecule has 2 fully saturated rings. The predicted molar refractivity (Wildman–Crippen MR) is 148 cm³/mol. The zero-order valence-corrected chi connectivity index (χ0v) is 21.7. The van der Waals surface area contributed by atoms with E-state index in [1.165, 1.54) is 15.9 Å². The largest absolute Gasteiger partial charge is 0.490 e. The smallest absolute Gasteiger partial charge is 0.332 e. The molecule has 1 aliphatic carbocycles. The molecule has 6 rings (SSSR count). The number of benzene rings is 1. The number of nitrogens with zero attached hydrogens (tertiary/aromatic N) is 4. The quantitative estimate of drug-likeness (QED) is 0.295. The van der Waals surface area contributed by atoms with Gasteiger partial charge >= 0.3 is 5.69 Å². The standard InChI is InChI=1S/C26H30N8O3S/c27-16-1-3-17(4-2-16)37-18-5-6-23-19(13-18)31-25(36)34(23)26-32-21(15-38-26)24(35)30-20-14-29-8-7-22(20)33-11-9-28-10-12-33/h5-8,13-17,28H,1-4,9-12,27H2,(H,30,35)(H,31,36). The lowest BCUT2D eigenvalue weighted by Gasteiger charge is -2.30. The minimum Gasteiger partial charge on any atom is -0.490 e. The van der Waals surface area contributed by atoms with Gasteiger partial charge in [-0.15, -0.1) is 11.3 Å². The Hall–Kier alpha value is -3.74. The highest BCUT2D eigenvalue weighted by Gasteiger charge is 2.22. The Balaban J connectivity index is 1.20. The van der Waals surface area contributed by atoms with Gasteiger partial charge in [-0.05, 0) is 43.9 Å². The number of fused-ring (bicyclic) bond motifs is 1. The van der Waals surface area contributed by atoms with Crippen molar-refractivity contribution in [3.8, 4) is 10.9 Å². The van der Waals surface area contributed by atoms with Crippen LogP contribution in [0.2, 0.25) is 0 Å². The summed E-state index contributed by atoms with van der Waals surface area (Å²) in [4.78, 5) is 39.7. The molecule has 1 saturated heterocycles. The number of thiazole rings is 1. The molecular weight excluding hydrogens is 504 g/mol. The molecule has 1 amide bonds. The average Bonchev–Trinajstić information content (AvgIpc) is 3.54. The first kappa shape index (κ1) is 24.6. The first-order valence-electron chi connectivity index (χ1n) is 12.9. The molecule has 0 unspecified atom stereocenters. The van der Waals surface area contributed by atoms with Crippen LogP contribution in [0.5, 0.6) is 5.75 Å². The van der Waals surface area contributed by atoms with Crippen LogP contribution in [-0.2, 0) is 0 Å². The van der Waals surface area contributed by atoms with Gasteiger partial charge in [0.2, 0.25) is 0 Å². The van der Waals surface area contributed by atoms with Crippen LogP contribution in [0.3, 0.4) is 0 Å². The highest BCUT2D eigenvalue weighted by Crippen LogP contribution is 2.28. The van der Waals surface area contributed by atoms with E-state index in [9.17, 15) is 9.59 Å². The Labute approximate surface area is 223 Å². The van der Waals surface area contributed by atoms with E-state index in [1.54, 1.807) is 17.8 Å². The van der Waals surface area contributed by atoms with Crippen molar-refractivity contribution in [1.82, 2.24) is 24.8 Å². The molecule has 1 aromatic carbocycles. The van der Waals surface area contributed by atoms with E-state index in [4.69, 9.17) is 10.5 Å². The van der Waals surface area contributed by atoms with Gasteiger partial charge in [-0.1, -0.05) is 0 Å². The second-order valence-electron chi connectivity index (χ2n) is 9.70. The lowest BCUT2D eigenvalue weighted by Crippen LogP contribution is -2.43. The van der Waals surface area contributed by atoms with E-state index in [0.29, 0.717) is 27.6 Å². The van der Waals surface area contributed by atoms with Gasteiger partial charge in [0, 0.05) is 49.9 Å². The maximum Gasteiger partial charge on any atom is 0.332 e. The maximum atomic E-state index is 13.1. The fourth-order valence-electron chi connectivity index (χ4n) is 5.08. The zero-order chi connectivity index (χ0) is 26.1. The molecule has 0 spiro atoms. The second-order valence-corrected chi connectivity index (χ2v) is 10.5. The van der Waals surface area contributed by atoms with E-state index in [0.717, 1.165) is 57.5 Å². The molecule has 5 N–H and O–H groups in total. The number of imidazole rings is 1. The van der Waals surface area contributed by atoms with Crippen LogP contribution in [0.15, 0.2) is 46.8 Å². The minimum absolute atomic E-state index is 0.132. The van der Waals surface area contributed by atoms with Gasteiger partial charge in [0.25, 0.3) is 5.91 Å². The van der Waals surface area contributed by atoms with Crippen LogP contribution >= 0.6 is 11.3 Å². The summed E-state index contributed by atoms with van der Waals surface area (Å²) in [6.45, 7) is 3.46. The molecule has 4 heterocycles. The number of ether oxygens (including phenoxy) is 1. The Morgan fingerprint density at radius 2 is 1.97 bits per heavy atom. The Bertz CT molecular complexity index is 1500. The Morgan fingerprint density at radius 3 is 2.79 bits per heavy atom. The monoisotopic (exact) mass is 534 g/mol. The molecular formula is C26H30N8O3S. The van der Waals surface area contributed by atoms with E-state index in [1.807, 2.05) is 24.3 Å². The van der Waals surface area contributed by atoms with Crippen molar-refractivity contribution < 1.29 is 9.53 Å². The molecule has 0 radical (unpaired) electrons. The molecule has 12 heteroatoms. The lowest BCUT2D eigenvalue weighted by atomic mass is 9.94.